The van der Waals surface area contributed by atoms with Gasteiger partial charge in [0.05, 0.1) is 12.0 Å². The van der Waals surface area contributed by atoms with Crippen molar-refractivity contribution in [3.63, 3.8) is 0 Å². The van der Waals surface area contributed by atoms with Gasteiger partial charge in [-0.1, -0.05) is 67.6 Å². The van der Waals surface area contributed by atoms with Crippen LogP contribution in [0.4, 0.5) is 5.69 Å². The molecule has 5 nitrogen and oxygen atoms in total. The van der Waals surface area contributed by atoms with Gasteiger partial charge in [0, 0.05) is 53.0 Å². The lowest BCUT2D eigenvalue weighted by molar-refractivity contribution is 0.0803. The van der Waals surface area contributed by atoms with Crippen LogP contribution < -0.4 is 10.6 Å². The molecule has 1 saturated heterocycles. The van der Waals surface area contributed by atoms with Gasteiger partial charge in [-0.05, 0) is 52.9 Å². The molecule has 2 aliphatic heterocycles. The van der Waals surface area contributed by atoms with Crippen molar-refractivity contribution in [2.45, 2.75) is 13.0 Å². The highest BCUT2D eigenvalue weighted by atomic mass is 35.5. The lowest BCUT2D eigenvalue weighted by Crippen LogP contribution is -2.49. The molecular weight excluding hydrogens is 538 g/mol. The van der Waals surface area contributed by atoms with Crippen molar-refractivity contribution in [3.8, 4) is 11.1 Å². The van der Waals surface area contributed by atoms with Crippen LogP contribution in [-0.4, -0.2) is 40.7 Å². The average molecular weight is 570 g/mol. The van der Waals surface area contributed by atoms with E-state index in [9.17, 15) is 9.59 Å². The number of thioether (sulfide) groups is 1. The third-order valence-corrected chi connectivity index (χ3v) is 8.73. The zero-order valence-electron chi connectivity index (χ0n) is 22.2. The maximum absolute atomic E-state index is 14.0. The number of hydrogen-bond acceptors (Lipinski definition) is 5. The topological polar surface area (TPSA) is 61.4 Å². The highest BCUT2D eigenvalue weighted by Gasteiger charge is 2.42. The van der Waals surface area contributed by atoms with Gasteiger partial charge in [0.15, 0.2) is 5.78 Å². The van der Waals surface area contributed by atoms with Crippen molar-refractivity contribution in [3.05, 3.63) is 126 Å². The highest BCUT2D eigenvalue weighted by Crippen LogP contribution is 2.39. The normalized spacial score (nSPS) is 21.3. The van der Waals surface area contributed by atoms with E-state index in [0.717, 1.165) is 34.8 Å². The van der Waals surface area contributed by atoms with Crippen LogP contribution in [-0.2, 0) is 0 Å². The summed E-state index contributed by atoms with van der Waals surface area (Å²) in [6.45, 7) is 3.06. The lowest BCUT2D eigenvalue weighted by Gasteiger charge is -2.44. The number of rotatable bonds is 5. The molecule has 6 rings (SSSR count). The van der Waals surface area contributed by atoms with Gasteiger partial charge in [0.2, 0.25) is 0 Å². The van der Waals surface area contributed by atoms with Crippen molar-refractivity contribution in [2.24, 2.45) is 11.8 Å². The minimum atomic E-state index is -0.189. The second-order valence-corrected chi connectivity index (χ2v) is 11.3. The Kier molecular flexibility index (Phi) is 8.48. The van der Waals surface area contributed by atoms with Crippen LogP contribution in [0, 0.1) is 11.8 Å². The summed E-state index contributed by atoms with van der Waals surface area (Å²) in [6.07, 6.45) is 8.42. The summed E-state index contributed by atoms with van der Waals surface area (Å²) in [5.41, 5.74) is 6.20. The summed E-state index contributed by atoms with van der Waals surface area (Å²) in [4.78, 5) is 29.6. The Morgan fingerprint density at radius 1 is 0.950 bits per heavy atom. The lowest BCUT2D eigenvalue weighted by atomic mass is 9.74. The van der Waals surface area contributed by atoms with Crippen molar-refractivity contribution < 1.29 is 9.59 Å². The zero-order chi connectivity index (χ0) is 26.8. The van der Waals surface area contributed by atoms with E-state index in [0.29, 0.717) is 16.8 Å². The summed E-state index contributed by atoms with van der Waals surface area (Å²) in [5, 5.41) is 6.35. The Balaban J connectivity index is 0.00000323. The molecule has 1 aliphatic carbocycles. The SMILES string of the molecule is CC1C=CC2=CNC=C3CSCCN3C2C1C(=O)c1ccc(NC(=O)c2ccccc2-c2ccccc2)cc1.Cl. The fourth-order valence-corrected chi connectivity index (χ4v) is 6.70. The number of carbonyl (C=O) groups excluding carboxylic acids is 2. The van der Waals surface area contributed by atoms with E-state index in [1.165, 1.54) is 5.70 Å². The van der Waals surface area contributed by atoms with E-state index < -0.39 is 0 Å². The van der Waals surface area contributed by atoms with Crippen molar-refractivity contribution in [2.75, 3.05) is 23.4 Å². The molecule has 3 atom stereocenters. The molecule has 3 aromatic carbocycles. The molecule has 3 aromatic rings. The van der Waals surface area contributed by atoms with E-state index in [4.69, 9.17) is 0 Å². The van der Waals surface area contributed by atoms with Gasteiger partial charge in [-0.25, -0.2) is 0 Å². The first kappa shape index (κ1) is 27.8. The van der Waals surface area contributed by atoms with Gasteiger partial charge in [0.25, 0.3) is 5.91 Å². The van der Waals surface area contributed by atoms with E-state index >= 15 is 0 Å². The predicted octanol–water partition coefficient (Wildman–Crippen LogP) is 6.78. The predicted molar refractivity (Wildman–Crippen MR) is 167 cm³/mol. The van der Waals surface area contributed by atoms with Gasteiger partial charge < -0.3 is 15.5 Å². The quantitative estimate of drug-likeness (QED) is 0.332. The van der Waals surface area contributed by atoms with Crippen LogP contribution in [0.5, 0.6) is 0 Å². The molecule has 2 heterocycles. The number of allylic oxidation sites excluding steroid dienone is 1. The first-order valence-electron chi connectivity index (χ1n) is 13.4. The summed E-state index contributed by atoms with van der Waals surface area (Å²) < 4.78 is 0. The monoisotopic (exact) mass is 569 g/mol. The molecule has 3 unspecified atom stereocenters. The molecule has 1 fully saturated rings. The molecule has 1 amide bonds. The molecule has 2 N–H and O–H groups in total. The Bertz CT molecular complexity index is 1480. The van der Waals surface area contributed by atoms with E-state index in [-0.39, 0.29) is 42.0 Å². The Hall–Kier alpha value is -3.74. The third-order valence-electron chi connectivity index (χ3n) is 7.76. The number of anilines is 1. The fraction of sp³-hybridized carbons (Fsp3) is 0.212. The molecule has 40 heavy (non-hydrogen) atoms. The number of amides is 1. The number of halogens is 1. The zero-order valence-corrected chi connectivity index (χ0v) is 23.9. The first-order valence-corrected chi connectivity index (χ1v) is 14.5. The summed E-state index contributed by atoms with van der Waals surface area (Å²) in [5.74, 6) is 1.89. The molecular formula is C33H32ClN3O2S. The number of nitrogens with zero attached hydrogens (tertiary/aromatic N) is 1. The second kappa shape index (κ2) is 12.2. The van der Waals surface area contributed by atoms with Crippen LogP contribution in [0.15, 0.2) is 115 Å². The maximum atomic E-state index is 14.0. The van der Waals surface area contributed by atoms with Crippen LogP contribution in [0.1, 0.15) is 27.6 Å². The smallest absolute Gasteiger partial charge is 0.256 e. The molecule has 3 aliphatic rings. The number of fused-ring (bicyclic) bond motifs is 3. The van der Waals surface area contributed by atoms with Gasteiger partial charge in [0.1, 0.15) is 0 Å². The summed E-state index contributed by atoms with van der Waals surface area (Å²) in [7, 11) is 0. The molecule has 0 saturated carbocycles. The van der Waals surface area contributed by atoms with Crippen LogP contribution in [0.3, 0.4) is 0 Å². The molecule has 0 spiro atoms. The van der Waals surface area contributed by atoms with Gasteiger partial charge >= 0.3 is 0 Å². The highest BCUT2D eigenvalue weighted by molar-refractivity contribution is 7.99. The standard InChI is InChI=1S/C33H31N3O2S.ClH/c1-22-11-12-25-19-34-20-27-21-39-18-17-36(27)31(25)30(22)32(37)24-13-15-26(16-14-24)35-33(38)29-10-6-5-9-28(29)23-7-3-2-4-8-23;/h2-16,19-20,22,30-31,34H,17-18,21H2,1H3,(H,35,38);1H. The number of Topliss-reactive ketones (excluding diaryl/α,β-unsaturated/α-hetero) is 1. The van der Waals surface area contributed by atoms with Crippen LogP contribution >= 0.6 is 24.2 Å². The van der Waals surface area contributed by atoms with Gasteiger partial charge in [-0.15, -0.1) is 12.4 Å². The number of ketones is 1. The molecule has 204 valence electrons. The first-order chi connectivity index (χ1) is 19.1. The summed E-state index contributed by atoms with van der Waals surface area (Å²) >= 11 is 1.93. The van der Waals surface area contributed by atoms with Crippen molar-refractivity contribution in [1.82, 2.24) is 10.2 Å². The molecule has 0 radical (unpaired) electrons. The summed E-state index contributed by atoms with van der Waals surface area (Å²) in [6, 6.07) is 24.8. The molecule has 7 heteroatoms. The Labute approximate surface area is 245 Å². The average Bonchev–Trinajstić information content (AvgIpc) is 3.17. The van der Waals surface area contributed by atoms with Crippen LogP contribution in [0.2, 0.25) is 0 Å². The molecule has 0 aromatic heterocycles. The van der Waals surface area contributed by atoms with E-state index in [1.54, 1.807) is 0 Å². The van der Waals surface area contributed by atoms with E-state index in [1.807, 2.05) is 96.8 Å². The number of hydrogen-bond donors (Lipinski definition) is 2. The number of nitrogens with one attached hydrogen (secondary N) is 2. The fourth-order valence-electron chi connectivity index (χ4n) is 5.77. The van der Waals surface area contributed by atoms with Gasteiger partial charge in [-0.2, -0.15) is 11.8 Å². The Morgan fingerprint density at radius 3 is 2.50 bits per heavy atom. The van der Waals surface area contributed by atoms with Crippen molar-refractivity contribution >= 4 is 41.5 Å². The largest absolute Gasteiger partial charge is 0.366 e. The molecule has 0 bridgehead atoms. The second-order valence-electron chi connectivity index (χ2n) is 10.2. The van der Waals surface area contributed by atoms with Crippen molar-refractivity contribution in [1.29, 1.82) is 0 Å². The van der Waals surface area contributed by atoms with E-state index in [2.05, 4.69) is 40.8 Å². The van der Waals surface area contributed by atoms with Gasteiger partial charge in [-0.3, -0.25) is 9.59 Å². The van der Waals surface area contributed by atoms with Crippen LogP contribution in [0.25, 0.3) is 11.1 Å². The minimum Gasteiger partial charge on any atom is -0.366 e. The Morgan fingerprint density at radius 2 is 1.70 bits per heavy atom. The minimum absolute atomic E-state index is 0. The number of carbonyl (C=O) groups is 2. The maximum Gasteiger partial charge on any atom is 0.256 e. The third kappa shape index (κ3) is 5.47. The number of benzene rings is 3.